The molecule has 7 nitrogen and oxygen atoms in total. The summed E-state index contributed by atoms with van der Waals surface area (Å²) in [5.74, 6) is 0.727. The highest BCUT2D eigenvalue weighted by atomic mass is 32.2. The maximum Gasteiger partial charge on any atom is 0.247 e. The van der Waals surface area contributed by atoms with Gasteiger partial charge in [0.2, 0.25) is 10.0 Å². The van der Waals surface area contributed by atoms with Gasteiger partial charge in [-0.2, -0.15) is 0 Å². The smallest absolute Gasteiger partial charge is 0.247 e. The first-order valence-electron chi connectivity index (χ1n) is 8.33. The fraction of sp³-hybridized carbons (Fsp3) is 0.438. The van der Waals surface area contributed by atoms with Crippen LogP contribution < -0.4 is 20.7 Å². The van der Waals surface area contributed by atoms with Crippen molar-refractivity contribution < 1.29 is 8.42 Å². The Morgan fingerprint density at radius 1 is 1.35 bits per heavy atom. The number of anilines is 1. The lowest BCUT2D eigenvalue weighted by molar-refractivity contribution is 0.463. The molecule has 1 aliphatic heterocycles. The van der Waals surface area contributed by atoms with E-state index in [1.807, 2.05) is 0 Å². The van der Waals surface area contributed by atoms with Gasteiger partial charge in [-0.1, -0.05) is 0 Å². The Balaban J connectivity index is 1.47. The summed E-state index contributed by atoms with van der Waals surface area (Å²) in [4.78, 5) is 7.58. The van der Waals surface area contributed by atoms with Crippen LogP contribution in [-0.4, -0.2) is 40.6 Å². The van der Waals surface area contributed by atoms with Gasteiger partial charge in [0.15, 0.2) is 5.96 Å². The van der Waals surface area contributed by atoms with Gasteiger partial charge < -0.3 is 15.5 Å². The van der Waals surface area contributed by atoms with E-state index < -0.39 is 10.0 Å². The summed E-state index contributed by atoms with van der Waals surface area (Å²) in [5.41, 5.74) is 0. The van der Waals surface area contributed by atoms with E-state index in [0.717, 1.165) is 36.8 Å². The van der Waals surface area contributed by atoms with E-state index in [1.54, 1.807) is 24.5 Å². The zero-order valence-electron chi connectivity index (χ0n) is 14.5. The summed E-state index contributed by atoms with van der Waals surface area (Å²) in [6.45, 7) is 2.56. The average Bonchev–Trinajstić information content (AvgIpc) is 3.30. The molecule has 0 unspecified atom stereocenters. The van der Waals surface area contributed by atoms with Crippen LogP contribution in [0.5, 0.6) is 0 Å². The van der Waals surface area contributed by atoms with Crippen molar-refractivity contribution in [2.24, 2.45) is 10.1 Å². The van der Waals surface area contributed by atoms with Gasteiger partial charge in [-0.15, -0.1) is 22.7 Å². The van der Waals surface area contributed by atoms with Gasteiger partial charge in [0.25, 0.3) is 0 Å². The third kappa shape index (κ3) is 4.97. The molecule has 0 radical (unpaired) electrons. The zero-order valence-corrected chi connectivity index (χ0v) is 17.0. The molecule has 0 atom stereocenters. The molecule has 1 fully saturated rings. The van der Waals surface area contributed by atoms with Crippen molar-refractivity contribution in [3.63, 3.8) is 0 Å². The largest absolute Gasteiger partial charge is 0.363 e. The van der Waals surface area contributed by atoms with Gasteiger partial charge in [0.1, 0.15) is 4.21 Å². The van der Waals surface area contributed by atoms with Gasteiger partial charge >= 0.3 is 0 Å². The number of nitrogens with two attached hydrogens (primary N) is 1. The summed E-state index contributed by atoms with van der Waals surface area (Å²) in [6.07, 6.45) is 2.10. The molecule has 3 rings (SSSR count). The van der Waals surface area contributed by atoms with Gasteiger partial charge in [0, 0.05) is 31.1 Å². The Morgan fingerprint density at radius 3 is 2.69 bits per heavy atom. The van der Waals surface area contributed by atoms with Gasteiger partial charge in [0.05, 0.1) is 11.5 Å². The van der Waals surface area contributed by atoms with Crippen LogP contribution in [0.3, 0.4) is 0 Å². The molecule has 26 heavy (non-hydrogen) atoms. The first kappa shape index (κ1) is 19.2. The molecule has 2 aromatic rings. The van der Waals surface area contributed by atoms with E-state index in [9.17, 15) is 8.42 Å². The first-order chi connectivity index (χ1) is 12.5. The average molecular weight is 414 g/mol. The standard InChI is InChI=1S/C16H23N5O2S3/c1-18-16(19-11-13-4-5-15(25-13)26(17,22)23)20-12-6-8-21(9-7-12)14-3-2-10-24-14/h2-5,10,12H,6-9,11H2,1H3,(H2,17,22,23)(H2,18,19,20). The minimum absolute atomic E-state index is 0.179. The van der Waals surface area contributed by atoms with Crippen molar-refractivity contribution in [3.8, 4) is 0 Å². The Bertz CT molecular complexity index is 837. The van der Waals surface area contributed by atoms with Crippen LogP contribution in [0.4, 0.5) is 5.00 Å². The fourth-order valence-corrected chi connectivity index (χ4v) is 5.36. The SMILES string of the molecule is CN=C(NCc1ccc(S(N)(=O)=O)s1)NC1CCN(c2cccs2)CC1. The number of thiophene rings is 2. The Labute approximate surface area is 162 Å². The Kier molecular flexibility index (Phi) is 6.17. The third-order valence-corrected chi connectivity index (χ3v) is 7.68. The van der Waals surface area contributed by atoms with Gasteiger partial charge in [-0.05, 0) is 42.5 Å². The highest BCUT2D eigenvalue weighted by molar-refractivity contribution is 7.91. The summed E-state index contributed by atoms with van der Waals surface area (Å²) < 4.78 is 22.9. The van der Waals surface area contributed by atoms with Crippen LogP contribution in [0.1, 0.15) is 17.7 Å². The van der Waals surface area contributed by atoms with Crippen molar-refractivity contribution in [1.82, 2.24) is 10.6 Å². The second-order valence-electron chi connectivity index (χ2n) is 6.05. The number of piperidine rings is 1. The zero-order chi connectivity index (χ0) is 18.6. The molecule has 1 saturated heterocycles. The number of nitrogens with one attached hydrogen (secondary N) is 2. The fourth-order valence-electron chi connectivity index (χ4n) is 2.86. The van der Waals surface area contributed by atoms with E-state index in [-0.39, 0.29) is 4.21 Å². The maximum atomic E-state index is 11.3. The predicted molar refractivity (Wildman–Crippen MR) is 109 cm³/mol. The van der Waals surface area contributed by atoms with Crippen LogP contribution in [0.15, 0.2) is 38.8 Å². The van der Waals surface area contributed by atoms with Gasteiger partial charge in [-0.25, -0.2) is 13.6 Å². The molecule has 0 aromatic carbocycles. The minimum Gasteiger partial charge on any atom is -0.363 e. The number of aliphatic imine (C=N–C) groups is 1. The van der Waals surface area contributed by atoms with E-state index in [2.05, 4.69) is 38.0 Å². The maximum absolute atomic E-state index is 11.3. The Hall–Kier alpha value is -1.62. The number of hydrogen-bond donors (Lipinski definition) is 3. The highest BCUT2D eigenvalue weighted by Gasteiger charge is 2.20. The lowest BCUT2D eigenvalue weighted by Gasteiger charge is -2.33. The van der Waals surface area contributed by atoms with E-state index in [0.29, 0.717) is 12.6 Å². The lowest BCUT2D eigenvalue weighted by atomic mass is 10.1. The van der Waals surface area contributed by atoms with E-state index >= 15 is 0 Å². The molecule has 2 aromatic heterocycles. The van der Waals surface area contributed by atoms with Crippen molar-refractivity contribution in [2.45, 2.75) is 29.6 Å². The molecule has 4 N–H and O–H groups in total. The van der Waals surface area contributed by atoms with E-state index in [1.165, 1.54) is 22.4 Å². The highest BCUT2D eigenvalue weighted by Crippen LogP contribution is 2.25. The molecule has 10 heteroatoms. The summed E-state index contributed by atoms with van der Waals surface area (Å²) in [5, 5.41) is 15.3. The molecule has 0 bridgehead atoms. The summed E-state index contributed by atoms with van der Waals surface area (Å²) in [6, 6.07) is 7.93. The first-order valence-corrected chi connectivity index (χ1v) is 11.6. The molecule has 0 aliphatic carbocycles. The molecule has 0 amide bonds. The molecular weight excluding hydrogens is 390 g/mol. The summed E-state index contributed by atoms with van der Waals surface area (Å²) in [7, 11) is -1.90. The number of hydrogen-bond acceptors (Lipinski definition) is 6. The predicted octanol–water partition coefficient (Wildman–Crippen LogP) is 1.79. The quantitative estimate of drug-likeness (QED) is 0.513. The normalized spacial score (nSPS) is 16.7. The monoisotopic (exact) mass is 413 g/mol. The number of guanidine groups is 1. The van der Waals surface area contributed by atoms with Crippen molar-refractivity contribution >= 4 is 43.7 Å². The second-order valence-corrected chi connectivity index (χ2v) is 9.93. The number of nitrogens with zero attached hydrogens (tertiary/aromatic N) is 2. The molecule has 142 valence electrons. The van der Waals surface area contributed by atoms with Crippen LogP contribution in [0, 0.1) is 0 Å². The van der Waals surface area contributed by atoms with Gasteiger partial charge in [-0.3, -0.25) is 4.99 Å². The van der Waals surface area contributed by atoms with Crippen molar-refractivity contribution in [1.29, 1.82) is 0 Å². The summed E-state index contributed by atoms with van der Waals surface area (Å²) >= 11 is 2.95. The van der Waals surface area contributed by atoms with Crippen LogP contribution >= 0.6 is 22.7 Å². The molecule has 3 heterocycles. The van der Waals surface area contributed by atoms with Crippen LogP contribution in [0.25, 0.3) is 0 Å². The van der Waals surface area contributed by atoms with Crippen molar-refractivity contribution in [3.05, 3.63) is 34.5 Å². The topological polar surface area (TPSA) is 99.8 Å². The second kappa shape index (κ2) is 8.38. The van der Waals surface area contributed by atoms with E-state index in [4.69, 9.17) is 5.14 Å². The molecular formula is C16H23N5O2S3. The lowest BCUT2D eigenvalue weighted by Crippen LogP contribution is -2.48. The third-order valence-electron chi connectivity index (χ3n) is 4.22. The number of sulfonamides is 1. The number of rotatable bonds is 5. The van der Waals surface area contributed by atoms with Crippen molar-refractivity contribution in [2.75, 3.05) is 25.0 Å². The molecule has 1 aliphatic rings. The van der Waals surface area contributed by atoms with Crippen LogP contribution in [0.2, 0.25) is 0 Å². The van der Waals surface area contributed by atoms with Crippen LogP contribution in [-0.2, 0) is 16.6 Å². The number of primary sulfonamides is 1. The molecule has 0 spiro atoms. The molecule has 0 saturated carbocycles. The minimum atomic E-state index is -3.63. The Morgan fingerprint density at radius 2 is 2.12 bits per heavy atom.